The molecule has 0 aromatic carbocycles. The normalized spacial score (nSPS) is 10.8. The Labute approximate surface area is 127 Å². The summed E-state index contributed by atoms with van der Waals surface area (Å²) in [6, 6.07) is 0.354. The summed E-state index contributed by atoms with van der Waals surface area (Å²) in [6.07, 6.45) is 1.94. The summed E-state index contributed by atoms with van der Waals surface area (Å²) >= 11 is 0. The Hall–Kier alpha value is -1.63. The molecule has 0 bridgehead atoms. The quantitative estimate of drug-likeness (QED) is 0.662. The van der Waals surface area contributed by atoms with Crippen LogP contribution in [-0.2, 0) is 4.74 Å². The third-order valence-corrected chi connectivity index (χ3v) is 2.66. The van der Waals surface area contributed by atoms with Crippen LogP contribution in [0.4, 0.5) is 11.9 Å². The highest BCUT2D eigenvalue weighted by molar-refractivity contribution is 5.37. The Kier molecular flexibility index (Phi) is 7.74. The number of rotatable bonds is 10. The van der Waals surface area contributed by atoms with Gasteiger partial charge in [-0.2, -0.15) is 15.0 Å². The molecule has 0 saturated carbocycles. The second kappa shape index (κ2) is 9.33. The maximum absolute atomic E-state index is 5.60. The van der Waals surface area contributed by atoms with Gasteiger partial charge in [-0.25, -0.2) is 0 Å². The molecule has 0 atom stereocenters. The molecular weight excluding hydrogens is 270 g/mol. The van der Waals surface area contributed by atoms with Crippen LogP contribution in [-0.4, -0.2) is 54.9 Å². The third-order valence-electron chi connectivity index (χ3n) is 2.66. The molecule has 1 rings (SSSR count). The standard InChI is InChI=1S/C14H27N5O2/c1-6-8-15-12-16-13(19(4)9-7-10-20-5)18-14(17-12)21-11(2)3/h11H,6-10H2,1-5H3,(H,15,16,17,18). The van der Waals surface area contributed by atoms with Crippen LogP contribution in [0, 0.1) is 0 Å². The van der Waals surface area contributed by atoms with E-state index in [0.717, 1.165) is 25.9 Å². The van der Waals surface area contributed by atoms with Crippen LogP contribution < -0.4 is 15.0 Å². The highest BCUT2D eigenvalue weighted by Gasteiger charge is 2.12. The Morgan fingerprint density at radius 3 is 2.62 bits per heavy atom. The molecule has 1 heterocycles. The molecule has 0 spiro atoms. The minimum Gasteiger partial charge on any atom is -0.461 e. The van der Waals surface area contributed by atoms with Crippen molar-refractivity contribution in [2.45, 2.75) is 39.7 Å². The molecule has 1 aromatic heterocycles. The summed E-state index contributed by atoms with van der Waals surface area (Å²) in [6.45, 7) is 8.34. The molecule has 1 N–H and O–H groups in total. The van der Waals surface area contributed by atoms with E-state index in [1.54, 1.807) is 7.11 Å². The number of anilines is 2. The first-order valence-corrected chi connectivity index (χ1v) is 7.43. The van der Waals surface area contributed by atoms with Crippen LogP contribution >= 0.6 is 0 Å². The molecule has 0 saturated heterocycles. The van der Waals surface area contributed by atoms with Crippen molar-refractivity contribution < 1.29 is 9.47 Å². The van der Waals surface area contributed by atoms with Crippen molar-refractivity contribution in [1.29, 1.82) is 0 Å². The van der Waals surface area contributed by atoms with Crippen molar-refractivity contribution >= 4 is 11.9 Å². The zero-order valence-electron chi connectivity index (χ0n) is 13.7. The van der Waals surface area contributed by atoms with Gasteiger partial charge in [-0.3, -0.25) is 0 Å². The summed E-state index contributed by atoms with van der Waals surface area (Å²) in [5.74, 6) is 1.16. The summed E-state index contributed by atoms with van der Waals surface area (Å²) in [5, 5.41) is 3.18. The first-order chi connectivity index (χ1) is 10.1. The lowest BCUT2D eigenvalue weighted by atomic mass is 10.4. The fourth-order valence-corrected chi connectivity index (χ4v) is 1.64. The average Bonchev–Trinajstić information content (AvgIpc) is 2.44. The molecule has 0 fully saturated rings. The van der Waals surface area contributed by atoms with Crippen LogP contribution in [0.15, 0.2) is 0 Å². The van der Waals surface area contributed by atoms with Crippen LogP contribution in [0.1, 0.15) is 33.6 Å². The van der Waals surface area contributed by atoms with Crippen LogP contribution in [0.2, 0.25) is 0 Å². The maximum Gasteiger partial charge on any atom is 0.323 e. The highest BCUT2D eigenvalue weighted by Crippen LogP contribution is 2.15. The zero-order valence-corrected chi connectivity index (χ0v) is 13.7. The molecule has 0 amide bonds. The van der Waals surface area contributed by atoms with Gasteiger partial charge in [0.15, 0.2) is 0 Å². The van der Waals surface area contributed by atoms with Gasteiger partial charge < -0.3 is 19.7 Å². The number of ether oxygens (including phenoxy) is 2. The molecule has 0 radical (unpaired) electrons. The lowest BCUT2D eigenvalue weighted by Crippen LogP contribution is -2.23. The van der Waals surface area contributed by atoms with Crippen LogP contribution in [0.3, 0.4) is 0 Å². The Balaban J connectivity index is 2.83. The molecule has 0 unspecified atom stereocenters. The second-order valence-electron chi connectivity index (χ2n) is 5.10. The van der Waals surface area contributed by atoms with Crippen molar-refractivity contribution in [2.24, 2.45) is 0 Å². The number of methoxy groups -OCH3 is 1. The maximum atomic E-state index is 5.60. The molecule has 7 heteroatoms. The molecular formula is C14H27N5O2. The van der Waals surface area contributed by atoms with Crippen molar-refractivity contribution in [3.05, 3.63) is 0 Å². The van der Waals surface area contributed by atoms with E-state index in [1.807, 2.05) is 25.8 Å². The molecule has 0 aliphatic rings. The SMILES string of the molecule is CCCNc1nc(OC(C)C)nc(N(C)CCCOC)n1. The van der Waals surface area contributed by atoms with Crippen molar-refractivity contribution in [3.63, 3.8) is 0 Å². The van der Waals surface area contributed by atoms with E-state index in [1.165, 1.54) is 0 Å². The predicted octanol–water partition coefficient (Wildman–Crippen LogP) is 1.95. The molecule has 21 heavy (non-hydrogen) atoms. The molecule has 120 valence electrons. The van der Waals surface area contributed by atoms with Gasteiger partial charge in [-0.15, -0.1) is 0 Å². The minimum atomic E-state index is 0.0260. The number of hydrogen-bond acceptors (Lipinski definition) is 7. The number of nitrogens with one attached hydrogen (secondary N) is 1. The van der Waals surface area contributed by atoms with E-state index < -0.39 is 0 Å². The highest BCUT2D eigenvalue weighted by atomic mass is 16.5. The van der Waals surface area contributed by atoms with Gasteiger partial charge in [0.05, 0.1) is 6.10 Å². The fourth-order valence-electron chi connectivity index (χ4n) is 1.64. The van der Waals surface area contributed by atoms with Crippen LogP contribution in [0.5, 0.6) is 6.01 Å². The van der Waals surface area contributed by atoms with Crippen molar-refractivity contribution in [1.82, 2.24) is 15.0 Å². The Morgan fingerprint density at radius 1 is 1.24 bits per heavy atom. The first-order valence-electron chi connectivity index (χ1n) is 7.43. The Morgan fingerprint density at radius 2 is 2.00 bits per heavy atom. The molecule has 7 nitrogen and oxygen atoms in total. The number of nitrogens with zero attached hydrogens (tertiary/aromatic N) is 4. The second-order valence-corrected chi connectivity index (χ2v) is 5.10. The monoisotopic (exact) mass is 297 g/mol. The van der Waals surface area contributed by atoms with Crippen molar-refractivity contribution in [2.75, 3.05) is 44.1 Å². The van der Waals surface area contributed by atoms with E-state index in [4.69, 9.17) is 9.47 Å². The Bertz CT molecular complexity index is 414. The van der Waals surface area contributed by atoms with E-state index >= 15 is 0 Å². The van der Waals surface area contributed by atoms with Gasteiger partial charge in [-0.1, -0.05) is 6.92 Å². The van der Waals surface area contributed by atoms with E-state index in [2.05, 4.69) is 27.2 Å². The topological polar surface area (TPSA) is 72.4 Å². The van der Waals surface area contributed by atoms with E-state index in [9.17, 15) is 0 Å². The van der Waals surface area contributed by atoms with E-state index in [-0.39, 0.29) is 6.10 Å². The summed E-state index contributed by atoms with van der Waals surface area (Å²) in [5.41, 5.74) is 0. The molecule has 0 aliphatic heterocycles. The molecule has 1 aromatic rings. The average molecular weight is 297 g/mol. The van der Waals surface area contributed by atoms with Gasteiger partial charge in [0.25, 0.3) is 0 Å². The van der Waals surface area contributed by atoms with Gasteiger partial charge in [-0.05, 0) is 26.7 Å². The smallest absolute Gasteiger partial charge is 0.323 e. The van der Waals surface area contributed by atoms with Gasteiger partial charge in [0.1, 0.15) is 0 Å². The molecule has 0 aliphatic carbocycles. The van der Waals surface area contributed by atoms with Crippen molar-refractivity contribution in [3.8, 4) is 6.01 Å². The van der Waals surface area contributed by atoms with Gasteiger partial charge in [0, 0.05) is 33.9 Å². The van der Waals surface area contributed by atoms with E-state index in [0.29, 0.717) is 24.5 Å². The minimum absolute atomic E-state index is 0.0260. The zero-order chi connectivity index (χ0) is 15.7. The summed E-state index contributed by atoms with van der Waals surface area (Å²) < 4.78 is 10.7. The lowest BCUT2D eigenvalue weighted by Gasteiger charge is -2.18. The summed E-state index contributed by atoms with van der Waals surface area (Å²) in [4.78, 5) is 15.0. The summed E-state index contributed by atoms with van der Waals surface area (Å²) in [7, 11) is 3.65. The fraction of sp³-hybridized carbons (Fsp3) is 0.786. The largest absolute Gasteiger partial charge is 0.461 e. The predicted molar refractivity (Wildman–Crippen MR) is 84.1 cm³/mol. The third kappa shape index (κ3) is 6.57. The number of aromatic nitrogens is 3. The van der Waals surface area contributed by atoms with Gasteiger partial charge >= 0.3 is 6.01 Å². The van der Waals surface area contributed by atoms with Crippen LogP contribution in [0.25, 0.3) is 0 Å². The lowest BCUT2D eigenvalue weighted by molar-refractivity contribution is 0.196. The van der Waals surface area contributed by atoms with Gasteiger partial charge in [0.2, 0.25) is 11.9 Å². The first kappa shape index (κ1) is 17.4. The number of hydrogen-bond donors (Lipinski definition) is 1.